The molecule has 0 aliphatic rings. The van der Waals surface area contributed by atoms with Crippen molar-refractivity contribution < 1.29 is 18.9 Å². The van der Waals surface area contributed by atoms with E-state index in [1.165, 1.54) is 11.3 Å². The maximum Gasteiger partial charge on any atom is 0.203 e. The summed E-state index contributed by atoms with van der Waals surface area (Å²) in [5, 5.41) is 6.93. The van der Waals surface area contributed by atoms with Crippen LogP contribution in [0.4, 0.5) is 5.13 Å². The molecule has 1 N–H and O–H groups in total. The molecule has 3 aromatic rings. The van der Waals surface area contributed by atoms with Crippen molar-refractivity contribution >= 4 is 22.7 Å². The number of hydrogen-bond acceptors (Lipinski definition) is 8. The second-order valence-electron chi connectivity index (χ2n) is 6.24. The normalized spacial score (nSPS) is 10.8. The van der Waals surface area contributed by atoms with E-state index in [9.17, 15) is 0 Å². The van der Waals surface area contributed by atoms with Gasteiger partial charge in [0.05, 0.1) is 39.8 Å². The summed E-state index contributed by atoms with van der Waals surface area (Å²) in [5.74, 6) is 2.75. The summed E-state index contributed by atoms with van der Waals surface area (Å²) in [6, 6.07) is 11.4. The molecule has 158 valence electrons. The Morgan fingerprint density at radius 2 is 1.70 bits per heavy atom. The third-order valence-electron chi connectivity index (χ3n) is 4.21. The van der Waals surface area contributed by atoms with E-state index in [4.69, 9.17) is 18.9 Å². The van der Waals surface area contributed by atoms with Crippen molar-refractivity contribution in [2.24, 2.45) is 5.10 Å². The molecule has 0 amide bonds. The van der Waals surface area contributed by atoms with Gasteiger partial charge < -0.3 is 18.9 Å². The zero-order valence-electron chi connectivity index (χ0n) is 17.5. The van der Waals surface area contributed by atoms with Crippen LogP contribution in [0.1, 0.15) is 18.9 Å². The van der Waals surface area contributed by atoms with Gasteiger partial charge in [-0.25, -0.2) is 4.98 Å². The number of thiazole rings is 1. The minimum atomic E-state index is 0.651. The predicted molar refractivity (Wildman–Crippen MR) is 121 cm³/mol. The SMILES string of the molecule is CCCOc1ccc(/C=N\Nc2nc(-c3ccc(OC)c(OC)c3)cs2)cc1OC. The summed E-state index contributed by atoms with van der Waals surface area (Å²) < 4.78 is 21.7. The number of methoxy groups -OCH3 is 3. The zero-order chi connectivity index (χ0) is 21.3. The molecule has 0 unspecified atom stereocenters. The molecule has 0 aliphatic heterocycles. The molecule has 0 bridgehead atoms. The van der Waals surface area contributed by atoms with Crippen LogP contribution in [0.15, 0.2) is 46.9 Å². The number of benzene rings is 2. The maximum absolute atomic E-state index is 5.67. The lowest BCUT2D eigenvalue weighted by Crippen LogP contribution is -1.98. The average Bonchev–Trinajstić information content (AvgIpc) is 3.26. The van der Waals surface area contributed by atoms with Crippen LogP contribution >= 0.6 is 11.3 Å². The molecule has 1 heterocycles. The Morgan fingerprint density at radius 1 is 0.967 bits per heavy atom. The van der Waals surface area contributed by atoms with E-state index in [1.54, 1.807) is 27.5 Å². The van der Waals surface area contributed by atoms with Crippen LogP contribution in [-0.4, -0.2) is 39.1 Å². The standard InChI is InChI=1S/C22H25N3O4S/c1-5-10-29-19-8-6-15(11-20(19)27-3)13-23-25-22-24-17(14-30-22)16-7-9-18(26-2)21(12-16)28-4/h6-9,11-14H,5,10H2,1-4H3,(H,24,25)/b23-13-. The van der Waals surface area contributed by atoms with E-state index < -0.39 is 0 Å². The Balaban J connectivity index is 1.67. The first kappa shape index (κ1) is 21.4. The molecule has 8 heteroatoms. The van der Waals surface area contributed by atoms with Gasteiger partial charge in [0.15, 0.2) is 23.0 Å². The molecule has 1 aromatic heterocycles. The minimum absolute atomic E-state index is 0.651. The first-order valence-electron chi connectivity index (χ1n) is 9.46. The van der Waals surface area contributed by atoms with Crippen LogP contribution in [0.2, 0.25) is 0 Å². The first-order valence-corrected chi connectivity index (χ1v) is 10.3. The van der Waals surface area contributed by atoms with Crippen molar-refractivity contribution in [3.63, 3.8) is 0 Å². The van der Waals surface area contributed by atoms with E-state index in [0.717, 1.165) is 29.0 Å². The molecule has 7 nitrogen and oxygen atoms in total. The fraction of sp³-hybridized carbons (Fsp3) is 0.273. The number of nitrogens with one attached hydrogen (secondary N) is 1. The quantitative estimate of drug-likeness (QED) is 0.360. The number of rotatable bonds is 10. The second-order valence-corrected chi connectivity index (χ2v) is 7.09. The third kappa shape index (κ3) is 5.21. The number of hydrazone groups is 1. The molecular formula is C22H25N3O4S. The molecule has 0 radical (unpaired) electrons. The highest BCUT2D eigenvalue weighted by Gasteiger charge is 2.09. The number of nitrogens with zero attached hydrogens (tertiary/aromatic N) is 2. The van der Waals surface area contributed by atoms with Crippen molar-refractivity contribution in [3.8, 4) is 34.3 Å². The van der Waals surface area contributed by atoms with Crippen LogP contribution in [0.5, 0.6) is 23.0 Å². The molecule has 2 aromatic carbocycles. The smallest absolute Gasteiger partial charge is 0.203 e. The van der Waals surface area contributed by atoms with E-state index in [-0.39, 0.29) is 0 Å². The Labute approximate surface area is 180 Å². The third-order valence-corrected chi connectivity index (χ3v) is 4.95. The molecule has 30 heavy (non-hydrogen) atoms. The molecular weight excluding hydrogens is 402 g/mol. The van der Waals surface area contributed by atoms with Crippen molar-refractivity contribution in [2.45, 2.75) is 13.3 Å². The van der Waals surface area contributed by atoms with Gasteiger partial charge >= 0.3 is 0 Å². The minimum Gasteiger partial charge on any atom is -0.493 e. The average molecular weight is 428 g/mol. The fourth-order valence-corrected chi connectivity index (χ4v) is 3.38. The van der Waals surface area contributed by atoms with Crippen LogP contribution in [0.3, 0.4) is 0 Å². The highest BCUT2D eigenvalue weighted by atomic mass is 32.1. The molecule has 0 fully saturated rings. The largest absolute Gasteiger partial charge is 0.493 e. The Hall–Kier alpha value is -3.26. The van der Waals surface area contributed by atoms with Gasteiger partial charge in [0, 0.05) is 10.9 Å². The van der Waals surface area contributed by atoms with E-state index in [0.29, 0.717) is 29.0 Å². The summed E-state index contributed by atoms with van der Waals surface area (Å²) in [7, 11) is 4.85. The lowest BCUT2D eigenvalue weighted by molar-refractivity contribution is 0.294. The summed E-state index contributed by atoms with van der Waals surface area (Å²) in [5.41, 5.74) is 5.63. The van der Waals surface area contributed by atoms with E-state index in [1.807, 2.05) is 41.8 Å². The monoisotopic (exact) mass is 427 g/mol. The number of hydrogen-bond donors (Lipinski definition) is 1. The van der Waals surface area contributed by atoms with E-state index >= 15 is 0 Å². The second kappa shape index (κ2) is 10.5. The van der Waals surface area contributed by atoms with Crippen molar-refractivity contribution in [2.75, 3.05) is 33.4 Å². The highest BCUT2D eigenvalue weighted by Crippen LogP contribution is 2.33. The lowest BCUT2D eigenvalue weighted by atomic mass is 10.1. The van der Waals surface area contributed by atoms with Crippen molar-refractivity contribution in [1.82, 2.24) is 4.98 Å². The Morgan fingerprint density at radius 3 is 2.43 bits per heavy atom. The fourth-order valence-electron chi connectivity index (χ4n) is 2.71. The van der Waals surface area contributed by atoms with Gasteiger partial charge in [-0.1, -0.05) is 6.92 Å². The van der Waals surface area contributed by atoms with Gasteiger partial charge in [0.1, 0.15) is 0 Å². The summed E-state index contributed by atoms with van der Waals surface area (Å²) in [4.78, 5) is 4.58. The van der Waals surface area contributed by atoms with Gasteiger partial charge in [-0.15, -0.1) is 11.3 Å². The van der Waals surface area contributed by atoms with Crippen LogP contribution in [0.25, 0.3) is 11.3 Å². The molecule has 0 aliphatic carbocycles. The van der Waals surface area contributed by atoms with Gasteiger partial charge in [-0.3, -0.25) is 5.43 Å². The molecule has 0 saturated carbocycles. The van der Waals surface area contributed by atoms with Gasteiger partial charge in [-0.05, 0) is 48.4 Å². The van der Waals surface area contributed by atoms with Gasteiger partial charge in [0.25, 0.3) is 0 Å². The highest BCUT2D eigenvalue weighted by molar-refractivity contribution is 7.14. The molecule has 3 rings (SSSR count). The predicted octanol–water partition coefficient (Wildman–Crippen LogP) is 5.07. The Bertz CT molecular complexity index is 1000. The zero-order valence-corrected chi connectivity index (χ0v) is 18.3. The molecule has 0 spiro atoms. The van der Waals surface area contributed by atoms with Crippen LogP contribution in [0, 0.1) is 0 Å². The summed E-state index contributed by atoms with van der Waals surface area (Å²) >= 11 is 1.47. The Kier molecular flexibility index (Phi) is 7.51. The van der Waals surface area contributed by atoms with Crippen molar-refractivity contribution in [1.29, 1.82) is 0 Å². The van der Waals surface area contributed by atoms with E-state index in [2.05, 4.69) is 22.4 Å². The molecule has 0 atom stereocenters. The number of aromatic nitrogens is 1. The van der Waals surface area contributed by atoms with Crippen molar-refractivity contribution in [3.05, 3.63) is 47.3 Å². The van der Waals surface area contributed by atoms with Gasteiger partial charge in [-0.2, -0.15) is 5.10 Å². The van der Waals surface area contributed by atoms with Gasteiger partial charge in [0.2, 0.25) is 5.13 Å². The molecule has 0 saturated heterocycles. The number of anilines is 1. The van der Waals surface area contributed by atoms with Crippen LogP contribution in [-0.2, 0) is 0 Å². The summed E-state index contributed by atoms with van der Waals surface area (Å²) in [6.45, 7) is 2.71. The number of ether oxygens (including phenoxy) is 4. The first-order chi connectivity index (χ1) is 14.7. The van der Waals surface area contributed by atoms with Crippen LogP contribution < -0.4 is 24.4 Å². The lowest BCUT2D eigenvalue weighted by Gasteiger charge is -2.10. The maximum atomic E-state index is 5.67. The summed E-state index contributed by atoms with van der Waals surface area (Å²) in [6.07, 6.45) is 2.65. The topological polar surface area (TPSA) is 74.2 Å².